The lowest BCUT2D eigenvalue weighted by molar-refractivity contribution is -0.167. The normalized spacial score (nSPS) is 11.4. The van der Waals surface area contributed by atoms with Gasteiger partial charge in [0.05, 0.1) is 0 Å². The Balaban J connectivity index is 1.92. The van der Waals surface area contributed by atoms with Crippen LogP contribution in [0, 0.1) is 5.82 Å². The lowest BCUT2D eigenvalue weighted by atomic mass is 10.2. The van der Waals surface area contributed by atoms with Gasteiger partial charge in [0.15, 0.2) is 0 Å². The highest BCUT2D eigenvalue weighted by atomic mass is 19.4. The third-order valence-corrected chi connectivity index (χ3v) is 3.18. The van der Waals surface area contributed by atoms with Crippen molar-refractivity contribution in [3.8, 4) is 0 Å². The van der Waals surface area contributed by atoms with Gasteiger partial charge < -0.3 is 10.6 Å². The lowest BCUT2D eigenvalue weighted by Crippen LogP contribution is -2.30. The summed E-state index contributed by atoms with van der Waals surface area (Å²) >= 11 is 0. The van der Waals surface area contributed by atoms with Crippen molar-refractivity contribution >= 4 is 23.6 Å². The molecule has 0 aliphatic carbocycles. The first-order valence-corrected chi connectivity index (χ1v) is 7.42. The number of carbonyl (C=O) groups is 2. The highest BCUT2D eigenvalue weighted by molar-refractivity contribution is 5.95. The highest BCUT2D eigenvalue weighted by Crippen LogP contribution is 2.19. The number of rotatable bonds is 5. The Morgan fingerprint density at radius 3 is 2.46 bits per heavy atom. The molecule has 0 aromatic heterocycles. The van der Waals surface area contributed by atoms with E-state index in [0.29, 0.717) is 11.1 Å². The van der Waals surface area contributed by atoms with Gasteiger partial charge in [0.1, 0.15) is 5.82 Å². The van der Waals surface area contributed by atoms with Gasteiger partial charge in [0, 0.05) is 18.3 Å². The summed E-state index contributed by atoms with van der Waals surface area (Å²) in [5.74, 6) is -2.96. The van der Waals surface area contributed by atoms with Crippen molar-refractivity contribution < 1.29 is 27.2 Å². The quantitative estimate of drug-likeness (QED) is 0.627. The molecule has 2 amide bonds. The van der Waals surface area contributed by atoms with Gasteiger partial charge in [-0.25, -0.2) is 4.39 Å². The molecule has 0 atom stereocenters. The van der Waals surface area contributed by atoms with Gasteiger partial charge in [-0.1, -0.05) is 24.3 Å². The fourth-order valence-electron chi connectivity index (χ4n) is 1.99. The van der Waals surface area contributed by atoms with Gasteiger partial charge in [0.25, 0.3) is 0 Å². The number of nitrogens with one attached hydrogen (secondary N) is 2. The van der Waals surface area contributed by atoms with Crippen LogP contribution in [0.3, 0.4) is 0 Å². The van der Waals surface area contributed by atoms with E-state index < -0.39 is 23.8 Å². The second kappa shape index (κ2) is 8.28. The molecule has 0 unspecified atom stereocenters. The van der Waals surface area contributed by atoms with Crippen LogP contribution in [-0.4, -0.2) is 18.0 Å². The van der Waals surface area contributed by atoms with E-state index in [9.17, 15) is 27.2 Å². The van der Waals surface area contributed by atoms with Gasteiger partial charge in [-0.3, -0.25) is 9.59 Å². The lowest BCUT2D eigenvalue weighted by Gasteiger charge is -2.09. The third-order valence-electron chi connectivity index (χ3n) is 3.18. The van der Waals surface area contributed by atoms with E-state index in [1.807, 2.05) is 0 Å². The van der Waals surface area contributed by atoms with Crippen LogP contribution in [0.4, 0.5) is 23.2 Å². The predicted molar refractivity (Wildman–Crippen MR) is 88.4 cm³/mol. The van der Waals surface area contributed by atoms with E-state index >= 15 is 0 Å². The molecule has 4 nitrogen and oxygen atoms in total. The Morgan fingerprint density at radius 2 is 1.77 bits per heavy atom. The minimum absolute atomic E-state index is 0.0330. The molecule has 0 bridgehead atoms. The average Bonchev–Trinajstić information content (AvgIpc) is 2.58. The topological polar surface area (TPSA) is 58.2 Å². The van der Waals surface area contributed by atoms with Crippen LogP contribution in [-0.2, 0) is 16.1 Å². The summed E-state index contributed by atoms with van der Waals surface area (Å²) in [6.45, 7) is 0.0437. The summed E-state index contributed by atoms with van der Waals surface area (Å²) in [7, 11) is 0. The van der Waals surface area contributed by atoms with E-state index in [4.69, 9.17) is 0 Å². The maximum Gasteiger partial charge on any atom is 0.471 e. The van der Waals surface area contributed by atoms with Crippen LogP contribution < -0.4 is 10.6 Å². The largest absolute Gasteiger partial charge is 0.471 e. The first-order chi connectivity index (χ1) is 12.2. The van der Waals surface area contributed by atoms with Crippen molar-refractivity contribution in [2.45, 2.75) is 12.7 Å². The van der Waals surface area contributed by atoms with Gasteiger partial charge >= 0.3 is 12.1 Å². The number of anilines is 1. The fourth-order valence-corrected chi connectivity index (χ4v) is 1.99. The van der Waals surface area contributed by atoms with Gasteiger partial charge in [-0.05, 0) is 41.5 Å². The second-order valence-corrected chi connectivity index (χ2v) is 5.26. The summed E-state index contributed by atoms with van der Waals surface area (Å²) in [5, 5.41) is 4.28. The molecule has 8 heteroatoms. The molecular weight excluding hydrogens is 352 g/mol. The molecule has 2 aromatic carbocycles. The molecule has 136 valence electrons. The summed E-state index contributed by atoms with van der Waals surface area (Å²) in [4.78, 5) is 22.7. The molecule has 2 aromatic rings. The summed E-state index contributed by atoms with van der Waals surface area (Å²) < 4.78 is 49.7. The molecule has 2 N–H and O–H groups in total. The molecular formula is C18H14F4N2O2. The van der Waals surface area contributed by atoms with Crippen LogP contribution in [0.15, 0.2) is 54.6 Å². The number of alkyl halides is 3. The Labute approximate surface area is 146 Å². The molecule has 0 fully saturated rings. The standard InChI is InChI=1S/C18H14F4N2O2/c19-14-5-1-3-12(9-14)7-8-16(25)23-11-13-4-2-6-15(10-13)24-17(26)18(20,21)22/h1-10H,11H2,(H,23,25)(H,24,26)/b8-7+. The van der Waals surface area contributed by atoms with Crippen molar-refractivity contribution in [3.05, 3.63) is 71.6 Å². The van der Waals surface area contributed by atoms with Crippen molar-refractivity contribution in [2.24, 2.45) is 0 Å². The Hall–Kier alpha value is -3.16. The van der Waals surface area contributed by atoms with E-state index in [1.165, 1.54) is 48.6 Å². The number of hydrogen-bond donors (Lipinski definition) is 2. The minimum Gasteiger partial charge on any atom is -0.348 e. The number of hydrogen-bond acceptors (Lipinski definition) is 2. The van der Waals surface area contributed by atoms with Crippen LogP contribution in [0.1, 0.15) is 11.1 Å². The summed E-state index contributed by atoms with van der Waals surface area (Å²) in [5.41, 5.74) is 0.976. The van der Waals surface area contributed by atoms with Crippen LogP contribution in [0.5, 0.6) is 0 Å². The molecule has 0 heterocycles. The zero-order chi connectivity index (χ0) is 19.2. The van der Waals surface area contributed by atoms with Crippen molar-refractivity contribution in [1.82, 2.24) is 5.32 Å². The number of amides is 2. The fraction of sp³-hybridized carbons (Fsp3) is 0.111. The van der Waals surface area contributed by atoms with Crippen molar-refractivity contribution in [2.75, 3.05) is 5.32 Å². The Bertz CT molecular complexity index is 832. The molecule has 0 radical (unpaired) electrons. The van der Waals surface area contributed by atoms with Gasteiger partial charge in [0.2, 0.25) is 5.91 Å². The first-order valence-electron chi connectivity index (χ1n) is 7.42. The molecule has 0 saturated carbocycles. The number of benzene rings is 2. The monoisotopic (exact) mass is 366 g/mol. The van der Waals surface area contributed by atoms with Gasteiger partial charge in [-0.15, -0.1) is 0 Å². The van der Waals surface area contributed by atoms with Gasteiger partial charge in [-0.2, -0.15) is 13.2 Å². The molecule has 2 rings (SSSR count). The van der Waals surface area contributed by atoms with Crippen molar-refractivity contribution in [1.29, 1.82) is 0 Å². The maximum atomic E-state index is 13.0. The minimum atomic E-state index is -4.98. The number of carbonyl (C=O) groups excluding carboxylic acids is 2. The molecule has 0 spiro atoms. The van der Waals surface area contributed by atoms with Crippen LogP contribution in [0.2, 0.25) is 0 Å². The maximum absolute atomic E-state index is 13.0. The summed E-state index contributed by atoms with van der Waals surface area (Å²) in [6, 6.07) is 11.3. The van der Waals surface area contributed by atoms with E-state index in [-0.39, 0.29) is 12.2 Å². The molecule has 0 aliphatic rings. The number of halogens is 4. The van der Waals surface area contributed by atoms with E-state index in [0.717, 1.165) is 0 Å². The SMILES string of the molecule is O=C(/C=C/c1cccc(F)c1)NCc1cccc(NC(=O)C(F)(F)F)c1. The first kappa shape index (κ1) is 19.2. The van der Waals surface area contributed by atoms with Crippen molar-refractivity contribution in [3.63, 3.8) is 0 Å². The van der Waals surface area contributed by atoms with E-state index in [1.54, 1.807) is 17.4 Å². The van der Waals surface area contributed by atoms with Crippen LogP contribution in [0.25, 0.3) is 6.08 Å². The Morgan fingerprint density at radius 1 is 1.04 bits per heavy atom. The molecule has 26 heavy (non-hydrogen) atoms. The third kappa shape index (κ3) is 6.04. The Kier molecular flexibility index (Phi) is 6.11. The smallest absolute Gasteiger partial charge is 0.348 e. The zero-order valence-corrected chi connectivity index (χ0v) is 13.3. The summed E-state index contributed by atoms with van der Waals surface area (Å²) in [6.07, 6.45) is -2.34. The highest BCUT2D eigenvalue weighted by Gasteiger charge is 2.38. The van der Waals surface area contributed by atoms with Crippen LogP contribution >= 0.6 is 0 Å². The predicted octanol–water partition coefficient (Wildman–Crippen LogP) is 3.66. The average molecular weight is 366 g/mol. The zero-order valence-electron chi connectivity index (χ0n) is 13.3. The molecule has 0 aliphatic heterocycles. The second-order valence-electron chi connectivity index (χ2n) is 5.26. The van der Waals surface area contributed by atoms with E-state index in [2.05, 4.69) is 5.32 Å². The molecule has 0 saturated heterocycles.